The molecule has 1 aliphatic heterocycles. The van der Waals surface area contributed by atoms with Crippen LogP contribution in [0.1, 0.15) is 26.7 Å². The molecular formula is C17H23F3N4O4S2. The van der Waals surface area contributed by atoms with Crippen molar-refractivity contribution in [1.82, 2.24) is 19.4 Å². The highest BCUT2D eigenvalue weighted by Crippen LogP contribution is 2.25. The first kappa shape index (κ1) is 24.3. The van der Waals surface area contributed by atoms with Crippen LogP contribution in [0.3, 0.4) is 0 Å². The van der Waals surface area contributed by atoms with Crippen molar-refractivity contribution in [3.63, 3.8) is 0 Å². The number of aliphatic carboxylic acids is 1. The predicted molar refractivity (Wildman–Crippen MR) is 105 cm³/mol. The Labute approximate surface area is 176 Å². The maximum absolute atomic E-state index is 11.3. The van der Waals surface area contributed by atoms with Crippen molar-refractivity contribution in [2.24, 2.45) is 7.05 Å². The Balaban J connectivity index is 0.000000396. The Hall–Kier alpha value is -1.96. The molecule has 0 unspecified atom stereocenters. The highest BCUT2D eigenvalue weighted by atomic mass is 32.2. The molecule has 0 aliphatic carbocycles. The number of thiophene rings is 1. The van der Waals surface area contributed by atoms with Gasteiger partial charge in [-0.15, -0.1) is 11.3 Å². The van der Waals surface area contributed by atoms with Gasteiger partial charge in [0.2, 0.25) is 10.0 Å². The van der Waals surface area contributed by atoms with Gasteiger partial charge in [-0.2, -0.15) is 18.3 Å². The number of alkyl halides is 3. The molecule has 2 aromatic heterocycles. The molecule has 2 aromatic rings. The summed E-state index contributed by atoms with van der Waals surface area (Å²) in [6.45, 7) is 5.19. The average Bonchev–Trinajstić information content (AvgIpc) is 3.15. The number of fused-ring (bicyclic) bond motifs is 1. The van der Waals surface area contributed by atoms with Gasteiger partial charge in [-0.25, -0.2) is 17.9 Å². The van der Waals surface area contributed by atoms with Crippen LogP contribution in [0.4, 0.5) is 13.2 Å². The fourth-order valence-corrected chi connectivity index (χ4v) is 4.31. The van der Waals surface area contributed by atoms with E-state index >= 15 is 0 Å². The molecule has 0 bridgehead atoms. The smallest absolute Gasteiger partial charge is 0.475 e. The van der Waals surface area contributed by atoms with Crippen molar-refractivity contribution in [1.29, 1.82) is 0 Å². The summed E-state index contributed by atoms with van der Waals surface area (Å²) >= 11 is 1.84. The third-order valence-electron chi connectivity index (χ3n) is 4.33. The van der Waals surface area contributed by atoms with Crippen LogP contribution < -0.4 is 4.72 Å². The second kappa shape index (κ2) is 9.45. The number of carboxylic acids is 1. The number of aryl methyl sites for hydroxylation is 2. The second-order valence-electron chi connectivity index (χ2n) is 6.86. The largest absolute Gasteiger partial charge is 0.490 e. The molecule has 0 amide bonds. The van der Waals surface area contributed by atoms with Crippen molar-refractivity contribution >= 4 is 27.3 Å². The molecule has 0 saturated carbocycles. The molecule has 3 rings (SSSR count). The molecule has 0 saturated heterocycles. The normalized spacial score (nSPS) is 14.7. The number of nitrogens with one attached hydrogen (secondary N) is 1. The first-order valence-electron chi connectivity index (χ1n) is 8.82. The van der Waals surface area contributed by atoms with E-state index in [9.17, 15) is 21.6 Å². The number of halogens is 3. The zero-order valence-electron chi connectivity index (χ0n) is 16.7. The summed E-state index contributed by atoms with van der Waals surface area (Å²) in [6, 6.07) is 4.36. The van der Waals surface area contributed by atoms with Gasteiger partial charge in [0, 0.05) is 42.0 Å². The summed E-state index contributed by atoms with van der Waals surface area (Å²) in [5, 5.41) is 11.6. The zero-order chi connectivity index (χ0) is 22.7. The van der Waals surface area contributed by atoms with E-state index in [2.05, 4.69) is 33.8 Å². The topological polar surface area (TPSA) is 105 Å². The highest BCUT2D eigenvalue weighted by molar-refractivity contribution is 7.88. The monoisotopic (exact) mass is 468 g/mol. The van der Waals surface area contributed by atoms with E-state index in [4.69, 9.17) is 9.90 Å². The van der Waals surface area contributed by atoms with Crippen molar-refractivity contribution in [2.75, 3.05) is 12.8 Å². The van der Waals surface area contributed by atoms with Gasteiger partial charge in [-0.3, -0.25) is 9.58 Å². The Morgan fingerprint density at radius 2 is 2.00 bits per heavy atom. The lowest BCUT2D eigenvalue weighted by molar-refractivity contribution is -0.192. The molecule has 30 heavy (non-hydrogen) atoms. The Kier molecular flexibility index (Phi) is 7.66. The Morgan fingerprint density at radius 3 is 2.50 bits per heavy atom. The van der Waals surface area contributed by atoms with Gasteiger partial charge in [0.15, 0.2) is 0 Å². The Bertz CT molecular complexity index is 999. The number of rotatable bonds is 5. The summed E-state index contributed by atoms with van der Waals surface area (Å²) in [7, 11) is -1.26. The number of carboxylic acid groups (broad SMARTS) is 1. The van der Waals surface area contributed by atoms with Gasteiger partial charge in [-0.05, 0) is 25.5 Å². The minimum Gasteiger partial charge on any atom is -0.475 e. The fourth-order valence-electron chi connectivity index (χ4n) is 2.98. The number of aromatic nitrogens is 2. The van der Waals surface area contributed by atoms with E-state index in [0.29, 0.717) is 0 Å². The van der Waals surface area contributed by atoms with Crippen molar-refractivity contribution < 1.29 is 31.5 Å². The number of hydrogen-bond acceptors (Lipinski definition) is 6. The maximum atomic E-state index is 11.3. The number of hydrogen-bond donors (Lipinski definition) is 2. The van der Waals surface area contributed by atoms with Gasteiger partial charge in [0.05, 0.1) is 24.2 Å². The van der Waals surface area contributed by atoms with Crippen LogP contribution in [0.15, 0.2) is 12.1 Å². The standard InChI is InChI=1S/C15H22N4O2S2.C2HF3O2/c1-11-4-5-12(22-11)9-19-7-6-13-14(8-16-23(3,20)21)17-18(2)15(13)10-19;3-2(4,5)1(6)7/h4-5,16H,6-10H2,1-3H3;(H,6,7). The van der Waals surface area contributed by atoms with Gasteiger partial charge in [0.25, 0.3) is 0 Å². The minimum atomic E-state index is -5.08. The summed E-state index contributed by atoms with van der Waals surface area (Å²) in [5.74, 6) is -2.76. The Morgan fingerprint density at radius 1 is 1.37 bits per heavy atom. The molecule has 0 aromatic carbocycles. The van der Waals surface area contributed by atoms with Crippen LogP contribution in [0.5, 0.6) is 0 Å². The molecule has 8 nitrogen and oxygen atoms in total. The van der Waals surface area contributed by atoms with E-state index in [1.165, 1.54) is 27.3 Å². The molecule has 0 spiro atoms. The number of nitrogens with zero attached hydrogens (tertiary/aromatic N) is 3. The molecular weight excluding hydrogens is 445 g/mol. The van der Waals surface area contributed by atoms with Crippen LogP contribution in [0.2, 0.25) is 0 Å². The lowest BCUT2D eigenvalue weighted by atomic mass is 10.0. The van der Waals surface area contributed by atoms with Crippen molar-refractivity contribution in [3.05, 3.63) is 38.8 Å². The quantitative estimate of drug-likeness (QED) is 0.696. The van der Waals surface area contributed by atoms with Crippen molar-refractivity contribution in [2.45, 2.75) is 39.2 Å². The van der Waals surface area contributed by atoms with Crippen LogP contribution >= 0.6 is 11.3 Å². The van der Waals surface area contributed by atoms with Gasteiger partial charge in [0.1, 0.15) is 0 Å². The van der Waals surface area contributed by atoms with Gasteiger partial charge >= 0.3 is 12.1 Å². The molecule has 168 valence electrons. The zero-order valence-corrected chi connectivity index (χ0v) is 18.3. The summed E-state index contributed by atoms with van der Waals surface area (Å²) in [6.07, 6.45) is -3.00. The lowest BCUT2D eigenvalue weighted by Gasteiger charge is -2.27. The van der Waals surface area contributed by atoms with Crippen LogP contribution in [-0.2, 0) is 47.9 Å². The maximum Gasteiger partial charge on any atom is 0.490 e. The minimum absolute atomic E-state index is 0.270. The first-order valence-corrected chi connectivity index (χ1v) is 11.5. The molecule has 3 heterocycles. The fraction of sp³-hybridized carbons (Fsp3) is 0.529. The van der Waals surface area contributed by atoms with Gasteiger partial charge in [-0.1, -0.05) is 0 Å². The van der Waals surface area contributed by atoms with E-state index < -0.39 is 22.2 Å². The molecule has 0 fully saturated rings. The summed E-state index contributed by atoms with van der Waals surface area (Å²) < 4.78 is 58.7. The number of sulfonamides is 1. The summed E-state index contributed by atoms with van der Waals surface area (Å²) in [4.78, 5) is 14.0. The molecule has 0 atom stereocenters. The second-order valence-corrected chi connectivity index (χ2v) is 10.1. The summed E-state index contributed by atoms with van der Waals surface area (Å²) in [5.41, 5.74) is 3.23. The highest BCUT2D eigenvalue weighted by Gasteiger charge is 2.38. The van der Waals surface area contributed by atoms with E-state index in [1.54, 1.807) is 0 Å². The van der Waals surface area contributed by atoms with E-state index in [1.807, 2.05) is 23.1 Å². The molecule has 1 aliphatic rings. The van der Waals surface area contributed by atoms with E-state index in [0.717, 1.165) is 31.7 Å². The molecule has 0 radical (unpaired) electrons. The predicted octanol–water partition coefficient (Wildman–Crippen LogP) is 2.03. The number of carbonyl (C=O) groups is 1. The molecule has 2 N–H and O–H groups in total. The lowest BCUT2D eigenvalue weighted by Crippen LogP contribution is -2.31. The van der Waals surface area contributed by atoms with Crippen LogP contribution in [0, 0.1) is 6.92 Å². The van der Waals surface area contributed by atoms with Crippen molar-refractivity contribution in [3.8, 4) is 0 Å². The third-order valence-corrected chi connectivity index (χ3v) is 5.98. The van der Waals surface area contributed by atoms with Crippen LogP contribution in [0.25, 0.3) is 0 Å². The van der Waals surface area contributed by atoms with E-state index in [-0.39, 0.29) is 6.54 Å². The molecule has 13 heteroatoms. The third kappa shape index (κ3) is 7.07. The van der Waals surface area contributed by atoms with Crippen LogP contribution in [-0.4, -0.2) is 53.2 Å². The SMILES string of the molecule is Cc1ccc(CN2CCc3c(CNS(C)(=O)=O)nn(C)c3C2)s1.O=C(O)C(F)(F)F. The first-order chi connectivity index (χ1) is 13.8. The van der Waals surface area contributed by atoms with Gasteiger partial charge < -0.3 is 5.11 Å². The average molecular weight is 469 g/mol.